The molecule has 21 heavy (non-hydrogen) atoms. The number of hydrogen-bond acceptors (Lipinski definition) is 2. The van der Waals surface area contributed by atoms with Crippen molar-refractivity contribution >= 4 is 11.6 Å². The Morgan fingerprint density at radius 3 is 2.43 bits per heavy atom. The van der Waals surface area contributed by atoms with Gasteiger partial charge in [0.25, 0.3) is 6.43 Å². The number of nitrogens with zero attached hydrogens (tertiary/aromatic N) is 1. The maximum atomic E-state index is 13.9. The third-order valence-electron chi connectivity index (χ3n) is 3.25. The van der Waals surface area contributed by atoms with E-state index in [9.17, 15) is 22.4 Å². The minimum Gasteiger partial charge on any atom is -0.508 e. The van der Waals surface area contributed by atoms with E-state index >= 15 is 0 Å². The molecular weight excluding hydrogens is 290 g/mol. The molecule has 0 aliphatic carbocycles. The molecule has 0 spiro atoms. The van der Waals surface area contributed by atoms with E-state index < -0.39 is 47.7 Å². The molecule has 1 heterocycles. The van der Waals surface area contributed by atoms with Gasteiger partial charge in [-0.1, -0.05) is 13.0 Å². The van der Waals surface area contributed by atoms with Gasteiger partial charge in [0.1, 0.15) is 17.4 Å². The molecule has 1 aromatic carbocycles. The summed E-state index contributed by atoms with van der Waals surface area (Å²) in [5, 5.41) is 9.12. The highest BCUT2D eigenvalue weighted by Crippen LogP contribution is 2.33. The Hall–Kier alpha value is -2.05. The fraction of sp³-hybridized carbons (Fsp3) is 0.357. The van der Waals surface area contributed by atoms with E-state index in [4.69, 9.17) is 5.11 Å². The second-order valence-electron chi connectivity index (χ2n) is 4.85. The molecule has 0 saturated carbocycles. The van der Waals surface area contributed by atoms with Gasteiger partial charge in [0.15, 0.2) is 0 Å². The third kappa shape index (κ3) is 3.01. The van der Waals surface area contributed by atoms with Crippen LogP contribution < -0.4 is 0 Å². The zero-order chi connectivity index (χ0) is 15.7. The van der Waals surface area contributed by atoms with Crippen molar-refractivity contribution in [1.29, 1.82) is 0 Å². The molecule has 1 amide bonds. The highest BCUT2D eigenvalue weighted by Gasteiger charge is 2.32. The highest BCUT2D eigenvalue weighted by atomic mass is 19.3. The first-order valence-corrected chi connectivity index (χ1v) is 6.29. The molecule has 1 aliphatic heterocycles. The summed E-state index contributed by atoms with van der Waals surface area (Å²) < 4.78 is 53.0. The molecule has 1 N–H and O–H groups in total. The van der Waals surface area contributed by atoms with Gasteiger partial charge >= 0.3 is 0 Å². The number of phenolic OH excluding ortho intramolecular Hbond substituents is 1. The maximum absolute atomic E-state index is 13.9. The third-order valence-corrected chi connectivity index (χ3v) is 3.25. The van der Waals surface area contributed by atoms with Crippen LogP contribution in [-0.4, -0.2) is 28.9 Å². The van der Waals surface area contributed by atoms with Gasteiger partial charge in [-0.05, 0) is 6.42 Å². The van der Waals surface area contributed by atoms with Gasteiger partial charge in [0.2, 0.25) is 5.91 Å². The zero-order valence-corrected chi connectivity index (χ0v) is 11.1. The van der Waals surface area contributed by atoms with Gasteiger partial charge in [-0.25, -0.2) is 17.6 Å². The number of aromatic hydroxyl groups is 1. The number of phenols is 1. The molecule has 1 atom stereocenters. The van der Waals surface area contributed by atoms with Crippen LogP contribution in [0.1, 0.15) is 18.9 Å². The number of carbonyl (C=O) groups is 1. The van der Waals surface area contributed by atoms with Gasteiger partial charge in [-0.3, -0.25) is 4.79 Å². The molecule has 1 aliphatic rings. The van der Waals surface area contributed by atoms with Crippen molar-refractivity contribution in [3.05, 3.63) is 35.4 Å². The molecule has 0 saturated heterocycles. The van der Waals surface area contributed by atoms with Crippen LogP contribution in [0.2, 0.25) is 0 Å². The molecule has 3 nitrogen and oxygen atoms in total. The zero-order valence-electron chi connectivity index (χ0n) is 11.1. The van der Waals surface area contributed by atoms with Crippen molar-refractivity contribution in [1.82, 2.24) is 4.90 Å². The Morgan fingerprint density at radius 2 is 1.90 bits per heavy atom. The van der Waals surface area contributed by atoms with E-state index in [1.165, 1.54) is 6.08 Å². The summed E-state index contributed by atoms with van der Waals surface area (Å²) in [4.78, 5) is 12.7. The predicted octanol–water partition coefficient (Wildman–Crippen LogP) is 3.14. The average molecular weight is 303 g/mol. The first-order valence-electron chi connectivity index (χ1n) is 6.29. The van der Waals surface area contributed by atoms with Crippen molar-refractivity contribution in [2.45, 2.75) is 19.8 Å². The van der Waals surface area contributed by atoms with Crippen LogP contribution in [0.15, 0.2) is 18.2 Å². The summed E-state index contributed by atoms with van der Waals surface area (Å²) in [6.45, 7) is 0.617. The van der Waals surface area contributed by atoms with Crippen LogP contribution in [0.3, 0.4) is 0 Å². The minimum atomic E-state index is -2.83. The smallest absolute Gasteiger partial charge is 0.256 e. The number of rotatable bonds is 3. The number of benzene rings is 1. The monoisotopic (exact) mass is 303 g/mol. The maximum Gasteiger partial charge on any atom is 0.256 e. The normalized spacial score (nSPS) is 19.1. The fourth-order valence-electron chi connectivity index (χ4n) is 2.25. The summed E-state index contributed by atoms with van der Waals surface area (Å²) >= 11 is 0. The SMILES string of the molecule is CC1CC=C(c2c(F)cc(O)cc2F)N(CC(F)F)C1=O. The van der Waals surface area contributed by atoms with E-state index in [1.807, 2.05) is 0 Å². The number of halogens is 4. The summed E-state index contributed by atoms with van der Waals surface area (Å²) in [7, 11) is 0. The Labute approximate surface area is 118 Å². The van der Waals surface area contributed by atoms with Crippen LogP contribution in [-0.2, 0) is 4.79 Å². The number of amides is 1. The quantitative estimate of drug-likeness (QED) is 0.872. The molecule has 0 bridgehead atoms. The van der Waals surface area contributed by atoms with E-state index in [0.717, 1.165) is 0 Å². The lowest BCUT2D eigenvalue weighted by molar-refractivity contribution is -0.133. The largest absolute Gasteiger partial charge is 0.508 e. The first-order chi connectivity index (χ1) is 9.81. The van der Waals surface area contributed by atoms with Crippen molar-refractivity contribution < 1.29 is 27.5 Å². The number of alkyl halides is 2. The Balaban J connectivity index is 2.52. The van der Waals surface area contributed by atoms with E-state index in [-0.39, 0.29) is 12.1 Å². The van der Waals surface area contributed by atoms with Crippen molar-refractivity contribution in [2.75, 3.05) is 6.54 Å². The van der Waals surface area contributed by atoms with Gasteiger partial charge < -0.3 is 10.0 Å². The molecule has 0 aromatic heterocycles. The summed E-state index contributed by atoms with van der Waals surface area (Å²) in [5.41, 5.74) is -0.817. The van der Waals surface area contributed by atoms with Gasteiger partial charge in [0, 0.05) is 18.1 Å². The second-order valence-corrected chi connectivity index (χ2v) is 4.85. The molecule has 1 aromatic rings. The van der Waals surface area contributed by atoms with E-state index in [0.29, 0.717) is 17.0 Å². The molecule has 114 valence electrons. The lowest BCUT2D eigenvalue weighted by Crippen LogP contribution is -2.40. The average Bonchev–Trinajstić information content (AvgIpc) is 2.36. The topological polar surface area (TPSA) is 40.5 Å². The highest BCUT2D eigenvalue weighted by molar-refractivity contribution is 5.90. The number of carbonyl (C=O) groups excluding carboxylic acids is 1. The molecule has 2 rings (SSSR count). The van der Waals surface area contributed by atoms with Crippen LogP contribution >= 0.6 is 0 Å². The molecule has 7 heteroatoms. The predicted molar refractivity (Wildman–Crippen MR) is 67.5 cm³/mol. The van der Waals surface area contributed by atoms with Crippen LogP contribution in [0.25, 0.3) is 5.70 Å². The van der Waals surface area contributed by atoms with Crippen molar-refractivity contribution in [3.8, 4) is 5.75 Å². The molecule has 1 unspecified atom stereocenters. The number of allylic oxidation sites excluding steroid dienone is 1. The summed E-state index contributed by atoms with van der Waals surface area (Å²) in [5.74, 6) is -3.98. The van der Waals surface area contributed by atoms with Gasteiger partial charge in [0.05, 0.1) is 17.8 Å². The Kier molecular flexibility index (Phi) is 4.20. The molecule has 0 fully saturated rings. The van der Waals surface area contributed by atoms with Crippen LogP contribution in [0, 0.1) is 17.6 Å². The van der Waals surface area contributed by atoms with Gasteiger partial charge in [-0.2, -0.15) is 0 Å². The first kappa shape index (κ1) is 15.3. The fourth-order valence-corrected chi connectivity index (χ4v) is 2.25. The second kappa shape index (κ2) is 5.75. The lowest BCUT2D eigenvalue weighted by atomic mass is 9.96. The van der Waals surface area contributed by atoms with Crippen molar-refractivity contribution in [3.63, 3.8) is 0 Å². The number of hydrogen-bond donors (Lipinski definition) is 1. The van der Waals surface area contributed by atoms with E-state index in [1.54, 1.807) is 6.92 Å². The Bertz CT molecular complexity index is 578. The summed E-state index contributed by atoms with van der Waals surface area (Å²) in [6, 6.07) is 1.34. The lowest BCUT2D eigenvalue weighted by Gasteiger charge is -2.32. The van der Waals surface area contributed by atoms with Crippen molar-refractivity contribution in [2.24, 2.45) is 5.92 Å². The van der Waals surface area contributed by atoms with Crippen LogP contribution in [0.4, 0.5) is 17.6 Å². The summed E-state index contributed by atoms with van der Waals surface area (Å²) in [6.07, 6.45) is -1.27. The van der Waals surface area contributed by atoms with Crippen LogP contribution in [0.5, 0.6) is 5.75 Å². The molecular formula is C14H13F4NO2. The van der Waals surface area contributed by atoms with E-state index in [2.05, 4.69) is 0 Å². The minimum absolute atomic E-state index is 0.202. The molecule has 0 radical (unpaired) electrons. The van der Waals surface area contributed by atoms with Gasteiger partial charge in [-0.15, -0.1) is 0 Å². The Morgan fingerprint density at radius 1 is 1.33 bits per heavy atom. The standard InChI is InChI=1S/C14H13F4NO2/c1-7-2-3-11(19(14(7)21)6-12(17)18)13-9(15)4-8(20)5-10(13)16/h3-5,7,12,20H,2,6H2,1H3.